The Morgan fingerprint density at radius 2 is 2.26 bits per heavy atom. The molecule has 2 heterocycles. The fourth-order valence-electron chi connectivity index (χ4n) is 2.15. The number of aromatic nitrogens is 2. The highest BCUT2D eigenvalue weighted by Gasteiger charge is 2.21. The zero-order valence-corrected chi connectivity index (χ0v) is 13.8. The quantitative estimate of drug-likeness (QED) is 0.817. The molecule has 0 spiro atoms. The topological polar surface area (TPSA) is 29.9 Å². The van der Waals surface area contributed by atoms with Crippen LogP contribution in [0, 0.1) is 0 Å². The van der Waals surface area contributed by atoms with Crippen molar-refractivity contribution >= 4 is 27.3 Å². The first-order chi connectivity index (χ1) is 9.27. The van der Waals surface area contributed by atoms with E-state index >= 15 is 0 Å². The molecule has 19 heavy (non-hydrogen) atoms. The van der Waals surface area contributed by atoms with Crippen LogP contribution >= 0.6 is 27.3 Å². The zero-order valence-electron chi connectivity index (χ0n) is 11.4. The SMILES string of the molecule is CCCNC(c1ccsc1)c1c(Br)cnn1CCC. The minimum Gasteiger partial charge on any atom is -0.305 e. The number of hydrogen-bond acceptors (Lipinski definition) is 3. The van der Waals surface area contributed by atoms with Crippen molar-refractivity contribution in [1.29, 1.82) is 0 Å². The van der Waals surface area contributed by atoms with E-state index in [4.69, 9.17) is 0 Å². The standard InChI is InChI=1S/C14H20BrN3S/c1-3-6-16-13(11-5-8-19-10-11)14-12(15)9-17-18(14)7-4-2/h5,8-10,13,16H,3-4,6-7H2,1-2H3. The highest BCUT2D eigenvalue weighted by Crippen LogP contribution is 2.30. The summed E-state index contributed by atoms with van der Waals surface area (Å²) in [5.74, 6) is 0. The van der Waals surface area contributed by atoms with Crippen molar-refractivity contribution in [2.75, 3.05) is 6.54 Å². The van der Waals surface area contributed by atoms with Gasteiger partial charge in [-0.2, -0.15) is 16.4 Å². The summed E-state index contributed by atoms with van der Waals surface area (Å²) >= 11 is 5.38. The number of halogens is 1. The molecule has 0 aliphatic carbocycles. The fourth-order valence-corrected chi connectivity index (χ4v) is 3.36. The number of nitrogens with one attached hydrogen (secondary N) is 1. The molecule has 104 valence electrons. The summed E-state index contributed by atoms with van der Waals surface area (Å²) in [7, 11) is 0. The molecule has 0 aromatic carbocycles. The molecule has 3 nitrogen and oxygen atoms in total. The molecule has 1 unspecified atom stereocenters. The molecule has 0 amide bonds. The largest absolute Gasteiger partial charge is 0.305 e. The molecule has 0 saturated carbocycles. The number of nitrogens with zero attached hydrogens (tertiary/aromatic N) is 2. The van der Waals surface area contributed by atoms with Gasteiger partial charge in [0.15, 0.2) is 0 Å². The molecule has 0 radical (unpaired) electrons. The van der Waals surface area contributed by atoms with Crippen molar-refractivity contribution in [2.24, 2.45) is 0 Å². The molecule has 1 atom stereocenters. The van der Waals surface area contributed by atoms with Crippen LogP contribution in [0.1, 0.15) is 44.0 Å². The Labute approximate surface area is 127 Å². The van der Waals surface area contributed by atoms with Gasteiger partial charge < -0.3 is 5.32 Å². The first kappa shape index (κ1) is 14.8. The van der Waals surface area contributed by atoms with E-state index in [1.54, 1.807) is 11.3 Å². The Balaban J connectivity index is 2.34. The monoisotopic (exact) mass is 341 g/mol. The van der Waals surface area contributed by atoms with Gasteiger partial charge in [-0.25, -0.2) is 0 Å². The fraction of sp³-hybridized carbons (Fsp3) is 0.500. The van der Waals surface area contributed by atoms with E-state index in [2.05, 4.69) is 61.7 Å². The third-order valence-corrected chi connectivity index (χ3v) is 4.33. The summed E-state index contributed by atoms with van der Waals surface area (Å²) in [5.41, 5.74) is 2.55. The van der Waals surface area contributed by atoms with Crippen LogP contribution in [-0.2, 0) is 6.54 Å². The molecule has 2 aromatic heterocycles. The molecule has 0 fully saturated rings. The predicted octanol–water partition coefficient (Wildman–Crippen LogP) is 4.21. The maximum absolute atomic E-state index is 4.48. The summed E-state index contributed by atoms with van der Waals surface area (Å²) < 4.78 is 3.19. The Kier molecular flexibility index (Phi) is 5.60. The average molecular weight is 342 g/mol. The molecule has 2 rings (SSSR count). The minimum atomic E-state index is 0.217. The summed E-state index contributed by atoms with van der Waals surface area (Å²) in [5, 5.41) is 12.4. The normalized spacial score (nSPS) is 12.8. The smallest absolute Gasteiger partial charge is 0.0767 e. The van der Waals surface area contributed by atoms with Crippen molar-refractivity contribution in [3.8, 4) is 0 Å². The molecular formula is C14H20BrN3S. The van der Waals surface area contributed by atoms with E-state index < -0.39 is 0 Å². The van der Waals surface area contributed by atoms with Gasteiger partial charge in [-0.15, -0.1) is 0 Å². The molecule has 0 saturated heterocycles. The summed E-state index contributed by atoms with van der Waals surface area (Å²) in [6.07, 6.45) is 4.11. The predicted molar refractivity (Wildman–Crippen MR) is 84.7 cm³/mol. The van der Waals surface area contributed by atoms with Crippen molar-refractivity contribution in [1.82, 2.24) is 15.1 Å². The average Bonchev–Trinajstić information content (AvgIpc) is 3.03. The van der Waals surface area contributed by atoms with Gasteiger partial charge in [0, 0.05) is 6.54 Å². The van der Waals surface area contributed by atoms with Gasteiger partial charge in [-0.1, -0.05) is 13.8 Å². The third kappa shape index (κ3) is 3.46. The van der Waals surface area contributed by atoms with Crippen LogP contribution in [0.2, 0.25) is 0 Å². The Hall–Kier alpha value is -0.650. The van der Waals surface area contributed by atoms with Crippen molar-refractivity contribution < 1.29 is 0 Å². The molecule has 0 aliphatic heterocycles. The van der Waals surface area contributed by atoms with E-state index in [9.17, 15) is 0 Å². The molecule has 2 aromatic rings. The molecule has 0 bridgehead atoms. The van der Waals surface area contributed by atoms with Gasteiger partial charge in [-0.3, -0.25) is 4.68 Å². The van der Waals surface area contributed by atoms with Gasteiger partial charge >= 0.3 is 0 Å². The van der Waals surface area contributed by atoms with Gasteiger partial charge in [0.05, 0.1) is 22.4 Å². The van der Waals surface area contributed by atoms with Gasteiger partial charge in [-0.05, 0) is 57.7 Å². The first-order valence-corrected chi connectivity index (χ1v) is 8.48. The third-order valence-electron chi connectivity index (χ3n) is 3.02. The second-order valence-corrected chi connectivity index (χ2v) is 6.18. The van der Waals surface area contributed by atoms with Crippen LogP contribution < -0.4 is 5.32 Å². The second kappa shape index (κ2) is 7.22. The lowest BCUT2D eigenvalue weighted by Gasteiger charge is -2.20. The van der Waals surface area contributed by atoms with Gasteiger partial charge in [0.1, 0.15) is 0 Å². The van der Waals surface area contributed by atoms with E-state index in [0.29, 0.717) is 0 Å². The lowest BCUT2D eigenvalue weighted by atomic mass is 10.1. The number of aryl methyl sites for hydroxylation is 1. The number of hydrogen-bond donors (Lipinski definition) is 1. The maximum atomic E-state index is 4.48. The second-order valence-electron chi connectivity index (χ2n) is 4.54. The van der Waals surface area contributed by atoms with E-state index in [1.165, 1.54) is 11.3 Å². The highest BCUT2D eigenvalue weighted by molar-refractivity contribution is 9.10. The minimum absolute atomic E-state index is 0.217. The summed E-state index contributed by atoms with van der Waals surface area (Å²) in [6.45, 7) is 6.33. The van der Waals surface area contributed by atoms with Crippen LogP contribution in [-0.4, -0.2) is 16.3 Å². The van der Waals surface area contributed by atoms with Crippen LogP contribution in [0.25, 0.3) is 0 Å². The maximum Gasteiger partial charge on any atom is 0.0767 e. The van der Waals surface area contributed by atoms with Gasteiger partial charge in [0.2, 0.25) is 0 Å². The molecule has 5 heteroatoms. The Morgan fingerprint density at radius 3 is 2.89 bits per heavy atom. The first-order valence-electron chi connectivity index (χ1n) is 6.74. The summed E-state index contributed by atoms with van der Waals surface area (Å²) in [6, 6.07) is 2.41. The zero-order chi connectivity index (χ0) is 13.7. The lowest BCUT2D eigenvalue weighted by molar-refractivity contribution is 0.511. The Bertz CT molecular complexity index is 493. The highest BCUT2D eigenvalue weighted by atomic mass is 79.9. The Morgan fingerprint density at radius 1 is 1.42 bits per heavy atom. The molecule has 0 aliphatic rings. The molecule has 1 N–H and O–H groups in total. The van der Waals surface area contributed by atoms with Crippen molar-refractivity contribution in [3.63, 3.8) is 0 Å². The number of thiophene rings is 1. The van der Waals surface area contributed by atoms with Crippen molar-refractivity contribution in [3.05, 3.63) is 38.8 Å². The van der Waals surface area contributed by atoms with E-state index in [1.807, 2.05) is 6.20 Å². The van der Waals surface area contributed by atoms with Crippen molar-refractivity contribution in [2.45, 2.75) is 39.3 Å². The summed E-state index contributed by atoms with van der Waals surface area (Å²) in [4.78, 5) is 0. The van der Waals surface area contributed by atoms with Gasteiger partial charge in [0.25, 0.3) is 0 Å². The van der Waals surface area contributed by atoms with Crippen LogP contribution in [0.5, 0.6) is 0 Å². The number of rotatable bonds is 7. The van der Waals surface area contributed by atoms with E-state index in [0.717, 1.165) is 30.4 Å². The van der Waals surface area contributed by atoms with Crippen LogP contribution in [0.4, 0.5) is 0 Å². The molecular weight excluding hydrogens is 322 g/mol. The lowest BCUT2D eigenvalue weighted by Crippen LogP contribution is -2.26. The van der Waals surface area contributed by atoms with Crippen LogP contribution in [0.15, 0.2) is 27.5 Å². The van der Waals surface area contributed by atoms with E-state index in [-0.39, 0.29) is 6.04 Å². The van der Waals surface area contributed by atoms with Crippen LogP contribution in [0.3, 0.4) is 0 Å².